The molecule has 0 aliphatic carbocycles. The highest BCUT2D eigenvalue weighted by molar-refractivity contribution is 5.77. The molecule has 1 amide bonds. The Kier molecular flexibility index (Phi) is 3.61. The number of H-pyrrole nitrogens is 2. The average Bonchev–Trinajstić information content (AvgIpc) is 2.16. The maximum absolute atomic E-state index is 11.4. The highest BCUT2D eigenvalue weighted by atomic mass is 16.2. The Balaban J connectivity index is 2.84. The van der Waals surface area contributed by atoms with Crippen molar-refractivity contribution >= 4 is 5.91 Å². The molecule has 0 radical (unpaired) electrons. The zero-order valence-electron chi connectivity index (χ0n) is 8.59. The van der Waals surface area contributed by atoms with Gasteiger partial charge in [0, 0.05) is 17.7 Å². The Morgan fingerprint density at radius 3 is 2.69 bits per heavy atom. The molecule has 1 aromatic rings. The standard InChI is InChI=1S/C9H10N4O3/c1-5-6(2-3-7(14)11-4-10)8(15)13-9(16)12-5/h2-3H2,1H3,(H,11,14)(H2,12,13,15,16). The van der Waals surface area contributed by atoms with Crippen LogP contribution in [0.4, 0.5) is 0 Å². The molecule has 7 nitrogen and oxygen atoms in total. The van der Waals surface area contributed by atoms with E-state index in [1.165, 1.54) is 6.19 Å². The molecule has 1 rings (SSSR count). The summed E-state index contributed by atoms with van der Waals surface area (Å²) in [6.07, 6.45) is 1.69. The van der Waals surface area contributed by atoms with Crippen LogP contribution in [0.2, 0.25) is 0 Å². The normalized spacial score (nSPS) is 9.50. The van der Waals surface area contributed by atoms with Gasteiger partial charge in [-0.05, 0) is 13.3 Å². The fourth-order valence-corrected chi connectivity index (χ4v) is 1.29. The molecule has 1 aromatic heterocycles. The van der Waals surface area contributed by atoms with Crippen molar-refractivity contribution in [1.29, 1.82) is 5.26 Å². The van der Waals surface area contributed by atoms with Crippen LogP contribution in [0.15, 0.2) is 9.59 Å². The van der Waals surface area contributed by atoms with Crippen LogP contribution >= 0.6 is 0 Å². The van der Waals surface area contributed by atoms with Crippen molar-refractivity contribution in [3.05, 3.63) is 32.1 Å². The fourth-order valence-electron chi connectivity index (χ4n) is 1.29. The van der Waals surface area contributed by atoms with E-state index in [1.54, 1.807) is 6.92 Å². The maximum Gasteiger partial charge on any atom is 0.325 e. The minimum atomic E-state index is -0.576. The number of aromatic amines is 2. The van der Waals surface area contributed by atoms with Gasteiger partial charge in [0.05, 0.1) is 0 Å². The number of aromatic nitrogens is 2. The zero-order valence-corrected chi connectivity index (χ0v) is 8.59. The molecule has 0 aliphatic rings. The number of nitriles is 1. The number of rotatable bonds is 3. The third-order valence-corrected chi connectivity index (χ3v) is 2.05. The highest BCUT2D eigenvalue weighted by Crippen LogP contribution is 1.99. The Morgan fingerprint density at radius 1 is 1.44 bits per heavy atom. The summed E-state index contributed by atoms with van der Waals surface area (Å²) in [6, 6.07) is 0. The van der Waals surface area contributed by atoms with E-state index in [4.69, 9.17) is 5.26 Å². The van der Waals surface area contributed by atoms with Crippen molar-refractivity contribution in [2.45, 2.75) is 19.8 Å². The summed E-state index contributed by atoms with van der Waals surface area (Å²) in [5.41, 5.74) is -0.315. The number of carbonyl (C=O) groups excluding carboxylic acids is 1. The number of hydrogen-bond donors (Lipinski definition) is 3. The Hall–Kier alpha value is -2.36. The monoisotopic (exact) mass is 222 g/mol. The lowest BCUT2D eigenvalue weighted by Gasteiger charge is -2.02. The van der Waals surface area contributed by atoms with E-state index in [2.05, 4.69) is 9.97 Å². The van der Waals surface area contributed by atoms with Crippen LogP contribution in [0.5, 0.6) is 0 Å². The van der Waals surface area contributed by atoms with E-state index in [1.807, 2.05) is 5.32 Å². The lowest BCUT2D eigenvalue weighted by Crippen LogP contribution is -2.28. The van der Waals surface area contributed by atoms with Gasteiger partial charge >= 0.3 is 5.69 Å². The maximum atomic E-state index is 11.4. The van der Waals surface area contributed by atoms with Gasteiger partial charge in [-0.2, -0.15) is 5.26 Å². The van der Waals surface area contributed by atoms with Gasteiger partial charge in [-0.25, -0.2) is 4.79 Å². The van der Waals surface area contributed by atoms with E-state index in [0.717, 1.165) is 0 Å². The van der Waals surface area contributed by atoms with Gasteiger partial charge in [-0.15, -0.1) is 0 Å². The highest BCUT2D eigenvalue weighted by Gasteiger charge is 2.08. The molecular weight excluding hydrogens is 212 g/mol. The van der Waals surface area contributed by atoms with Crippen LogP contribution in [0, 0.1) is 18.4 Å². The van der Waals surface area contributed by atoms with E-state index in [0.29, 0.717) is 11.3 Å². The third-order valence-electron chi connectivity index (χ3n) is 2.05. The van der Waals surface area contributed by atoms with Crippen LogP contribution < -0.4 is 16.6 Å². The van der Waals surface area contributed by atoms with E-state index in [9.17, 15) is 14.4 Å². The molecule has 84 valence electrons. The summed E-state index contributed by atoms with van der Waals surface area (Å²) in [5.74, 6) is -0.465. The summed E-state index contributed by atoms with van der Waals surface area (Å²) < 4.78 is 0. The molecule has 0 aromatic carbocycles. The number of hydrogen-bond acceptors (Lipinski definition) is 4. The van der Waals surface area contributed by atoms with E-state index < -0.39 is 17.2 Å². The number of nitrogens with one attached hydrogen (secondary N) is 3. The van der Waals surface area contributed by atoms with Crippen LogP contribution in [0.3, 0.4) is 0 Å². The second-order valence-corrected chi connectivity index (χ2v) is 3.17. The van der Waals surface area contributed by atoms with Gasteiger partial charge in [0.15, 0.2) is 6.19 Å². The molecule has 0 atom stereocenters. The van der Waals surface area contributed by atoms with Crippen molar-refractivity contribution in [3.63, 3.8) is 0 Å². The molecule has 0 fully saturated rings. The summed E-state index contributed by atoms with van der Waals surface area (Å²) in [6.45, 7) is 1.58. The largest absolute Gasteiger partial charge is 0.325 e. The molecule has 0 spiro atoms. The lowest BCUT2D eigenvalue weighted by molar-refractivity contribution is -0.119. The predicted octanol–water partition coefficient (Wildman–Crippen LogP) is -1.10. The van der Waals surface area contributed by atoms with Crippen LogP contribution in [0.25, 0.3) is 0 Å². The lowest BCUT2D eigenvalue weighted by atomic mass is 10.1. The molecule has 1 heterocycles. The Bertz CT molecular complexity index is 549. The van der Waals surface area contributed by atoms with Gasteiger partial charge in [0.25, 0.3) is 5.56 Å². The molecular formula is C9H10N4O3. The Morgan fingerprint density at radius 2 is 2.12 bits per heavy atom. The van der Waals surface area contributed by atoms with Crippen molar-refractivity contribution in [1.82, 2.24) is 15.3 Å². The smallest absolute Gasteiger partial charge is 0.311 e. The minimum Gasteiger partial charge on any atom is -0.311 e. The Labute approximate surface area is 90.1 Å². The first kappa shape index (κ1) is 11.7. The molecule has 0 saturated heterocycles. The first-order valence-corrected chi connectivity index (χ1v) is 4.54. The van der Waals surface area contributed by atoms with Gasteiger partial charge in [0.1, 0.15) is 0 Å². The summed E-state index contributed by atoms with van der Waals surface area (Å²) in [4.78, 5) is 37.7. The molecule has 0 unspecified atom stereocenters. The van der Waals surface area contributed by atoms with E-state index in [-0.39, 0.29) is 12.8 Å². The molecule has 7 heteroatoms. The van der Waals surface area contributed by atoms with E-state index >= 15 is 0 Å². The van der Waals surface area contributed by atoms with Crippen molar-refractivity contribution < 1.29 is 4.79 Å². The number of nitrogens with zero attached hydrogens (tertiary/aromatic N) is 1. The molecule has 0 aliphatic heterocycles. The zero-order chi connectivity index (χ0) is 12.1. The molecule has 3 N–H and O–H groups in total. The van der Waals surface area contributed by atoms with Crippen molar-refractivity contribution in [3.8, 4) is 6.19 Å². The van der Waals surface area contributed by atoms with Gasteiger partial charge in [-0.3, -0.25) is 19.9 Å². The quantitative estimate of drug-likeness (QED) is 0.444. The number of aryl methyl sites for hydroxylation is 1. The fraction of sp³-hybridized carbons (Fsp3) is 0.333. The van der Waals surface area contributed by atoms with Crippen LogP contribution in [-0.4, -0.2) is 15.9 Å². The van der Waals surface area contributed by atoms with Crippen molar-refractivity contribution in [2.75, 3.05) is 0 Å². The first-order valence-electron chi connectivity index (χ1n) is 4.54. The summed E-state index contributed by atoms with van der Waals surface area (Å²) >= 11 is 0. The van der Waals surface area contributed by atoms with Gasteiger partial charge in [0.2, 0.25) is 5.91 Å². The van der Waals surface area contributed by atoms with Crippen LogP contribution in [0.1, 0.15) is 17.7 Å². The van der Waals surface area contributed by atoms with Crippen molar-refractivity contribution in [2.24, 2.45) is 0 Å². The molecule has 0 bridgehead atoms. The number of carbonyl (C=O) groups is 1. The molecule has 0 saturated carbocycles. The van der Waals surface area contributed by atoms with Gasteiger partial charge in [-0.1, -0.05) is 0 Å². The minimum absolute atomic E-state index is 0.0174. The predicted molar refractivity (Wildman–Crippen MR) is 54.5 cm³/mol. The van der Waals surface area contributed by atoms with Gasteiger partial charge < -0.3 is 4.98 Å². The van der Waals surface area contributed by atoms with Crippen LogP contribution in [-0.2, 0) is 11.2 Å². The molecule has 16 heavy (non-hydrogen) atoms. The first-order chi connectivity index (χ1) is 7.54. The summed E-state index contributed by atoms with van der Waals surface area (Å²) in [7, 11) is 0. The SMILES string of the molecule is Cc1[nH]c(=O)[nH]c(=O)c1CCC(=O)NC#N. The third kappa shape index (κ3) is 2.81. The summed E-state index contributed by atoms with van der Waals surface area (Å²) in [5, 5.41) is 10.1. The second-order valence-electron chi connectivity index (χ2n) is 3.17. The topological polar surface area (TPSA) is 119 Å². The second kappa shape index (κ2) is 4.93. The average molecular weight is 222 g/mol. The number of amides is 1.